The molecule has 2 atom stereocenters. The molecule has 0 bridgehead atoms. The monoisotopic (exact) mass is 492 g/mol. The van der Waals surface area contributed by atoms with E-state index in [9.17, 15) is 4.39 Å². The quantitative estimate of drug-likeness (QED) is 0.348. The molecule has 0 spiro atoms. The van der Waals surface area contributed by atoms with Crippen LogP contribution in [-0.4, -0.2) is 56.3 Å². The van der Waals surface area contributed by atoms with Crippen LogP contribution < -0.4 is 10.6 Å². The summed E-state index contributed by atoms with van der Waals surface area (Å²) in [5.74, 6) is 1.14. The minimum atomic E-state index is -0.209. The van der Waals surface area contributed by atoms with Gasteiger partial charge in [0.25, 0.3) is 0 Å². The predicted molar refractivity (Wildman–Crippen MR) is 120 cm³/mol. The summed E-state index contributed by atoms with van der Waals surface area (Å²) in [6.07, 6.45) is 0. The van der Waals surface area contributed by atoms with E-state index in [1.807, 2.05) is 12.1 Å². The van der Waals surface area contributed by atoms with E-state index in [2.05, 4.69) is 43.2 Å². The minimum absolute atomic E-state index is 0. The van der Waals surface area contributed by atoms with Gasteiger partial charge in [0.1, 0.15) is 5.82 Å². The highest BCUT2D eigenvalue weighted by molar-refractivity contribution is 14.0. The zero-order chi connectivity index (χ0) is 18.9. The Labute approximate surface area is 180 Å². The third-order valence-corrected chi connectivity index (χ3v) is 4.87. The van der Waals surface area contributed by atoms with Crippen LogP contribution in [-0.2, 0) is 4.74 Å². The number of nitrogens with zero attached hydrogens (tertiary/aromatic N) is 2. The van der Waals surface area contributed by atoms with Crippen LogP contribution in [0.2, 0.25) is 0 Å². The average molecular weight is 492 g/mol. The zero-order valence-electron chi connectivity index (χ0n) is 16.9. The van der Waals surface area contributed by atoms with Crippen molar-refractivity contribution in [3.63, 3.8) is 0 Å². The summed E-state index contributed by atoms with van der Waals surface area (Å²) < 4.78 is 18.8. The molecule has 1 aromatic carbocycles. The van der Waals surface area contributed by atoms with E-state index in [4.69, 9.17) is 9.73 Å². The van der Waals surface area contributed by atoms with Crippen molar-refractivity contribution in [3.05, 3.63) is 35.6 Å². The van der Waals surface area contributed by atoms with Gasteiger partial charge in [-0.1, -0.05) is 26.0 Å². The average Bonchev–Trinajstić information content (AvgIpc) is 2.64. The van der Waals surface area contributed by atoms with E-state index in [0.29, 0.717) is 18.5 Å². The number of halogens is 2. The van der Waals surface area contributed by atoms with Gasteiger partial charge in [0, 0.05) is 25.7 Å². The van der Waals surface area contributed by atoms with Crippen molar-refractivity contribution in [2.75, 3.05) is 39.4 Å². The first-order valence-corrected chi connectivity index (χ1v) is 9.63. The first-order chi connectivity index (χ1) is 12.5. The lowest BCUT2D eigenvalue weighted by atomic mass is 10.0. The summed E-state index contributed by atoms with van der Waals surface area (Å²) in [4.78, 5) is 7.20. The highest BCUT2D eigenvalue weighted by Crippen LogP contribution is 2.22. The molecule has 2 N–H and O–H groups in total. The molecule has 1 aromatic rings. The Kier molecular flexibility index (Phi) is 11.2. The molecule has 2 rings (SSSR count). The van der Waals surface area contributed by atoms with Gasteiger partial charge >= 0.3 is 0 Å². The van der Waals surface area contributed by atoms with E-state index >= 15 is 0 Å². The molecule has 154 valence electrons. The zero-order valence-corrected chi connectivity index (χ0v) is 19.2. The Bertz CT molecular complexity index is 562. The number of hydrogen-bond donors (Lipinski definition) is 2. The number of benzene rings is 1. The van der Waals surface area contributed by atoms with Crippen molar-refractivity contribution in [2.24, 2.45) is 10.9 Å². The molecule has 0 aliphatic carbocycles. The largest absolute Gasteiger partial charge is 0.379 e. The summed E-state index contributed by atoms with van der Waals surface area (Å²) in [5, 5.41) is 6.79. The third kappa shape index (κ3) is 7.91. The predicted octanol–water partition coefficient (Wildman–Crippen LogP) is 3.42. The number of ether oxygens (including phenoxy) is 1. The summed E-state index contributed by atoms with van der Waals surface area (Å²) in [7, 11) is 0. The Hall–Kier alpha value is -0.930. The second-order valence-corrected chi connectivity index (χ2v) is 7.11. The second-order valence-electron chi connectivity index (χ2n) is 7.11. The lowest BCUT2D eigenvalue weighted by molar-refractivity contribution is 0.0179. The molecule has 0 radical (unpaired) electrons. The van der Waals surface area contributed by atoms with E-state index in [-0.39, 0.29) is 35.8 Å². The van der Waals surface area contributed by atoms with Crippen LogP contribution in [0.15, 0.2) is 29.3 Å². The van der Waals surface area contributed by atoms with Crippen molar-refractivity contribution in [1.29, 1.82) is 0 Å². The van der Waals surface area contributed by atoms with E-state index in [0.717, 1.165) is 44.4 Å². The Morgan fingerprint density at radius 1 is 1.19 bits per heavy atom. The van der Waals surface area contributed by atoms with Gasteiger partial charge in [0.05, 0.1) is 25.8 Å². The van der Waals surface area contributed by atoms with Crippen molar-refractivity contribution in [2.45, 2.75) is 39.8 Å². The van der Waals surface area contributed by atoms with Gasteiger partial charge in [0.15, 0.2) is 5.96 Å². The van der Waals surface area contributed by atoms with Crippen LogP contribution in [0, 0.1) is 11.7 Å². The fourth-order valence-electron chi connectivity index (χ4n) is 2.89. The standard InChI is InChI=1S/C20H33FN4O.HI/c1-5-22-20(24-16(4)15(2)3)23-14-19(25-10-12-26-13-11-25)17-6-8-18(21)9-7-17;/h6-9,15-16,19H,5,10-14H2,1-4H3,(H2,22,23,24);1H. The smallest absolute Gasteiger partial charge is 0.191 e. The molecule has 27 heavy (non-hydrogen) atoms. The maximum atomic E-state index is 13.3. The molecule has 1 aliphatic rings. The van der Waals surface area contributed by atoms with Gasteiger partial charge in [-0.05, 0) is 37.5 Å². The number of rotatable bonds is 7. The number of hydrogen-bond acceptors (Lipinski definition) is 3. The molecular weight excluding hydrogens is 458 g/mol. The third-order valence-electron chi connectivity index (χ3n) is 4.87. The molecule has 0 saturated carbocycles. The van der Waals surface area contributed by atoms with Gasteiger partial charge in [-0.2, -0.15) is 0 Å². The first-order valence-electron chi connectivity index (χ1n) is 9.63. The molecule has 7 heteroatoms. The summed E-state index contributed by atoms with van der Waals surface area (Å²) >= 11 is 0. The number of nitrogens with one attached hydrogen (secondary N) is 2. The van der Waals surface area contributed by atoms with Crippen molar-refractivity contribution in [1.82, 2.24) is 15.5 Å². The van der Waals surface area contributed by atoms with Gasteiger partial charge < -0.3 is 15.4 Å². The fourth-order valence-corrected chi connectivity index (χ4v) is 2.89. The number of guanidine groups is 1. The van der Waals surface area contributed by atoms with Crippen LogP contribution in [0.25, 0.3) is 0 Å². The van der Waals surface area contributed by atoms with Crippen molar-refractivity contribution < 1.29 is 9.13 Å². The maximum Gasteiger partial charge on any atom is 0.191 e. The van der Waals surface area contributed by atoms with E-state index < -0.39 is 0 Å². The maximum absolute atomic E-state index is 13.3. The summed E-state index contributed by atoms with van der Waals surface area (Å²) in [6.45, 7) is 13.2. The Morgan fingerprint density at radius 2 is 1.81 bits per heavy atom. The molecule has 1 fully saturated rings. The van der Waals surface area contributed by atoms with Crippen LogP contribution in [0.3, 0.4) is 0 Å². The number of morpholine rings is 1. The summed E-state index contributed by atoms with van der Waals surface area (Å²) in [5.41, 5.74) is 1.09. The van der Waals surface area contributed by atoms with Crippen LogP contribution in [0.5, 0.6) is 0 Å². The number of aliphatic imine (C=N–C) groups is 1. The van der Waals surface area contributed by atoms with E-state index in [1.165, 1.54) is 12.1 Å². The van der Waals surface area contributed by atoms with Gasteiger partial charge in [-0.25, -0.2) is 4.39 Å². The van der Waals surface area contributed by atoms with Gasteiger partial charge in [0.2, 0.25) is 0 Å². The van der Waals surface area contributed by atoms with Crippen molar-refractivity contribution >= 4 is 29.9 Å². The van der Waals surface area contributed by atoms with Crippen LogP contribution >= 0.6 is 24.0 Å². The SMILES string of the molecule is CCNC(=NCC(c1ccc(F)cc1)N1CCOCC1)NC(C)C(C)C.I. The molecule has 2 unspecified atom stereocenters. The van der Waals surface area contributed by atoms with Gasteiger partial charge in [-0.3, -0.25) is 9.89 Å². The minimum Gasteiger partial charge on any atom is -0.379 e. The molecule has 0 aromatic heterocycles. The Balaban J connectivity index is 0.00000364. The normalized spacial score (nSPS) is 17.9. The second kappa shape index (κ2) is 12.5. The molecule has 1 saturated heterocycles. The van der Waals surface area contributed by atoms with Crippen LogP contribution in [0.1, 0.15) is 39.3 Å². The van der Waals surface area contributed by atoms with Crippen molar-refractivity contribution in [3.8, 4) is 0 Å². The molecule has 1 aliphatic heterocycles. The first kappa shape index (κ1) is 24.1. The topological polar surface area (TPSA) is 48.9 Å². The summed E-state index contributed by atoms with van der Waals surface area (Å²) in [6, 6.07) is 7.22. The lowest BCUT2D eigenvalue weighted by Gasteiger charge is -2.34. The highest BCUT2D eigenvalue weighted by Gasteiger charge is 2.23. The van der Waals surface area contributed by atoms with Gasteiger partial charge in [-0.15, -0.1) is 24.0 Å². The molecule has 0 amide bonds. The fraction of sp³-hybridized carbons (Fsp3) is 0.650. The van der Waals surface area contributed by atoms with E-state index in [1.54, 1.807) is 0 Å². The lowest BCUT2D eigenvalue weighted by Crippen LogP contribution is -2.45. The molecule has 5 nitrogen and oxygen atoms in total. The molecule has 1 heterocycles. The Morgan fingerprint density at radius 3 is 2.37 bits per heavy atom. The van der Waals surface area contributed by atoms with Crippen LogP contribution in [0.4, 0.5) is 4.39 Å². The molecular formula is C20H34FIN4O. The highest BCUT2D eigenvalue weighted by atomic mass is 127.